The highest BCUT2D eigenvalue weighted by atomic mass is 16.2. The first kappa shape index (κ1) is 13.3. The van der Waals surface area contributed by atoms with Crippen molar-refractivity contribution in [3.63, 3.8) is 0 Å². The number of benzene rings is 1. The van der Waals surface area contributed by atoms with E-state index in [9.17, 15) is 4.79 Å². The van der Waals surface area contributed by atoms with Crippen LogP contribution in [0.25, 0.3) is 0 Å². The quantitative estimate of drug-likeness (QED) is 0.895. The van der Waals surface area contributed by atoms with Crippen molar-refractivity contribution in [1.29, 1.82) is 0 Å². The van der Waals surface area contributed by atoms with Crippen LogP contribution in [0, 0.1) is 0 Å². The number of hydrogen-bond acceptors (Lipinski definition) is 3. The summed E-state index contributed by atoms with van der Waals surface area (Å²) in [6, 6.07) is 6.30. The van der Waals surface area contributed by atoms with Crippen molar-refractivity contribution in [2.45, 2.75) is 38.1 Å². The molecule has 1 aromatic rings. The van der Waals surface area contributed by atoms with Crippen LogP contribution >= 0.6 is 0 Å². The van der Waals surface area contributed by atoms with E-state index >= 15 is 0 Å². The third-order valence-electron chi connectivity index (χ3n) is 4.59. The number of carbonyl (C=O) groups excluding carboxylic acids is 1. The molecule has 2 aliphatic rings. The van der Waals surface area contributed by atoms with E-state index in [1.807, 2.05) is 17.9 Å². The number of likely N-dealkylation sites (tertiary alicyclic amines) is 1. The van der Waals surface area contributed by atoms with Crippen molar-refractivity contribution in [2.75, 3.05) is 13.1 Å². The highest BCUT2D eigenvalue weighted by Crippen LogP contribution is 2.44. The summed E-state index contributed by atoms with van der Waals surface area (Å²) in [4.78, 5) is 18.3. The summed E-state index contributed by atoms with van der Waals surface area (Å²) in [5, 5.41) is 0. The van der Waals surface area contributed by atoms with Gasteiger partial charge in [-0.25, -0.2) is 0 Å². The molecule has 1 spiro atoms. The number of nitrogens with zero attached hydrogens (tertiary/aromatic N) is 2. The Bertz CT molecular complexity index is 557. The van der Waals surface area contributed by atoms with Crippen LogP contribution in [0.1, 0.15) is 37.3 Å². The molecule has 1 fully saturated rings. The Kier molecular flexibility index (Phi) is 3.34. The van der Waals surface area contributed by atoms with Gasteiger partial charge in [-0.3, -0.25) is 9.79 Å². The molecule has 4 heteroatoms. The Morgan fingerprint density at radius 3 is 2.80 bits per heavy atom. The van der Waals surface area contributed by atoms with Gasteiger partial charge in [-0.15, -0.1) is 0 Å². The summed E-state index contributed by atoms with van der Waals surface area (Å²) >= 11 is 0. The van der Waals surface area contributed by atoms with Crippen LogP contribution in [0.4, 0.5) is 5.69 Å². The molecule has 1 saturated heterocycles. The highest BCUT2D eigenvalue weighted by Gasteiger charge is 2.40. The zero-order chi connectivity index (χ0) is 14.2. The molecule has 1 aromatic carbocycles. The van der Waals surface area contributed by atoms with Crippen molar-refractivity contribution < 1.29 is 4.79 Å². The number of piperidine rings is 1. The van der Waals surface area contributed by atoms with Crippen LogP contribution in [-0.4, -0.2) is 30.1 Å². The van der Waals surface area contributed by atoms with Gasteiger partial charge in [0.1, 0.15) is 0 Å². The molecule has 2 heterocycles. The Balaban J connectivity index is 1.84. The lowest BCUT2D eigenvalue weighted by atomic mass is 9.74. The molecule has 0 bridgehead atoms. The fourth-order valence-corrected chi connectivity index (χ4v) is 3.26. The summed E-state index contributed by atoms with van der Waals surface area (Å²) < 4.78 is 0. The number of fused-ring (bicyclic) bond motifs is 2. The van der Waals surface area contributed by atoms with Crippen LogP contribution in [0.15, 0.2) is 23.2 Å². The number of rotatable bonds is 2. The Hall–Kier alpha value is -1.68. The molecular weight excluding hydrogens is 250 g/mol. The lowest BCUT2D eigenvalue weighted by Crippen LogP contribution is -2.45. The molecule has 106 valence electrons. The van der Waals surface area contributed by atoms with E-state index in [2.05, 4.69) is 23.3 Å². The molecule has 0 aliphatic carbocycles. The second-order valence-electron chi connectivity index (χ2n) is 5.70. The Morgan fingerprint density at radius 1 is 1.40 bits per heavy atom. The van der Waals surface area contributed by atoms with Crippen LogP contribution in [-0.2, 0) is 16.8 Å². The van der Waals surface area contributed by atoms with E-state index in [-0.39, 0.29) is 11.3 Å². The molecule has 2 aliphatic heterocycles. The third-order valence-corrected chi connectivity index (χ3v) is 4.59. The van der Waals surface area contributed by atoms with Gasteiger partial charge in [0.05, 0.1) is 5.69 Å². The average Bonchev–Trinajstić information content (AvgIpc) is 2.85. The Morgan fingerprint density at radius 2 is 2.15 bits per heavy atom. The molecule has 20 heavy (non-hydrogen) atoms. The van der Waals surface area contributed by atoms with E-state index < -0.39 is 0 Å². The monoisotopic (exact) mass is 271 g/mol. The van der Waals surface area contributed by atoms with Crippen LogP contribution in [0.2, 0.25) is 0 Å². The normalized spacial score (nSPS) is 19.4. The molecule has 0 unspecified atom stereocenters. The number of nitrogens with two attached hydrogens (primary N) is 1. The van der Waals surface area contributed by atoms with Gasteiger partial charge in [0.2, 0.25) is 5.91 Å². The second kappa shape index (κ2) is 5.02. The van der Waals surface area contributed by atoms with Gasteiger partial charge in [0.15, 0.2) is 0 Å². The van der Waals surface area contributed by atoms with Crippen LogP contribution in [0.3, 0.4) is 0 Å². The lowest BCUT2D eigenvalue weighted by molar-refractivity contribution is -0.132. The van der Waals surface area contributed by atoms with Gasteiger partial charge < -0.3 is 10.6 Å². The summed E-state index contributed by atoms with van der Waals surface area (Å²) in [6.07, 6.45) is 4.60. The van der Waals surface area contributed by atoms with E-state index in [1.54, 1.807) is 0 Å². The van der Waals surface area contributed by atoms with E-state index in [0.29, 0.717) is 13.0 Å². The number of aliphatic imine (C=N–C) groups is 1. The van der Waals surface area contributed by atoms with Crippen molar-refractivity contribution in [3.8, 4) is 0 Å². The molecule has 4 nitrogen and oxygen atoms in total. The van der Waals surface area contributed by atoms with E-state index in [1.165, 1.54) is 5.56 Å². The van der Waals surface area contributed by atoms with E-state index in [4.69, 9.17) is 5.73 Å². The fraction of sp³-hybridized carbons (Fsp3) is 0.500. The predicted octanol–water partition coefficient (Wildman–Crippen LogP) is 2.13. The minimum atomic E-state index is 0.0189. The SMILES string of the molecule is CCC(=O)N1CCC2(C=Nc3ccc(CN)cc32)CC1. The zero-order valence-corrected chi connectivity index (χ0v) is 11.9. The maximum atomic E-state index is 11.8. The first-order chi connectivity index (χ1) is 9.68. The molecule has 3 rings (SSSR count). The molecule has 0 aromatic heterocycles. The maximum Gasteiger partial charge on any atom is 0.222 e. The van der Waals surface area contributed by atoms with Crippen molar-refractivity contribution >= 4 is 17.8 Å². The molecule has 1 amide bonds. The van der Waals surface area contributed by atoms with E-state index in [0.717, 1.165) is 37.2 Å². The topological polar surface area (TPSA) is 58.7 Å². The van der Waals surface area contributed by atoms with Gasteiger partial charge in [-0.2, -0.15) is 0 Å². The van der Waals surface area contributed by atoms with Gasteiger partial charge in [-0.05, 0) is 30.0 Å². The molecule has 0 saturated carbocycles. The first-order valence-electron chi connectivity index (χ1n) is 7.35. The van der Waals surface area contributed by atoms with Gasteiger partial charge >= 0.3 is 0 Å². The predicted molar refractivity (Wildman–Crippen MR) is 80.3 cm³/mol. The number of hydrogen-bond donors (Lipinski definition) is 1. The maximum absolute atomic E-state index is 11.8. The smallest absolute Gasteiger partial charge is 0.222 e. The van der Waals surface area contributed by atoms with Crippen molar-refractivity contribution in [3.05, 3.63) is 29.3 Å². The summed E-state index contributed by atoms with van der Waals surface area (Å²) in [6.45, 7) is 4.13. The summed E-state index contributed by atoms with van der Waals surface area (Å²) in [7, 11) is 0. The molecular formula is C16H21N3O. The van der Waals surface area contributed by atoms with Gasteiger partial charge in [0, 0.05) is 37.7 Å². The van der Waals surface area contributed by atoms with Crippen molar-refractivity contribution in [1.82, 2.24) is 4.90 Å². The van der Waals surface area contributed by atoms with Gasteiger partial charge in [0.25, 0.3) is 0 Å². The standard InChI is InChI=1S/C16H21N3O/c1-2-15(20)19-7-5-16(6-8-19)11-18-14-4-3-12(10-17)9-13(14)16/h3-4,9,11H,2,5-8,10,17H2,1H3. The minimum Gasteiger partial charge on any atom is -0.343 e. The van der Waals surface area contributed by atoms with Gasteiger partial charge in [-0.1, -0.05) is 19.1 Å². The number of carbonyl (C=O) groups is 1. The zero-order valence-electron chi connectivity index (χ0n) is 11.9. The molecule has 0 radical (unpaired) electrons. The summed E-state index contributed by atoms with van der Waals surface area (Å²) in [5.74, 6) is 0.255. The summed E-state index contributed by atoms with van der Waals surface area (Å²) in [5.41, 5.74) is 9.28. The molecule has 0 atom stereocenters. The van der Waals surface area contributed by atoms with Crippen molar-refractivity contribution in [2.24, 2.45) is 10.7 Å². The number of amides is 1. The minimum absolute atomic E-state index is 0.0189. The lowest BCUT2D eigenvalue weighted by Gasteiger charge is -2.38. The van der Waals surface area contributed by atoms with Crippen LogP contribution < -0.4 is 5.73 Å². The Labute approximate surface area is 119 Å². The highest BCUT2D eigenvalue weighted by molar-refractivity contribution is 5.86. The fourth-order valence-electron chi connectivity index (χ4n) is 3.26. The first-order valence-corrected chi connectivity index (χ1v) is 7.35. The largest absolute Gasteiger partial charge is 0.343 e. The van der Waals surface area contributed by atoms with Crippen LogP contribution in [0.5, 0.6) is 0 Å². The second-order valence-corrected chi connectivity index (χ2v) is 5.70. The third kappa shape index (κ3) is 2.04. The molecule has 2 N–H and O–H groups in total. The average molecular weight is 271 g/mol.